The smallest absolute Gasteiger partial charge is 0.226 e. The first-order valence-corrected chi connectivity index (χ1v) is 13.3. The summed E-state index contributed by atoms with van der Waals surface area (Å²) < 4.78 is 3.26. The molecule has 37 heavy (non-hydrogen) atoms. The standard InChI is InChI=1S/C28H24N6OS2/c35-24(30-19-9-2-1-3-10-19)15-18-34-26(25(32-27(34)36)21-12-6-7-16-29-21)22-13-8-17-33(22)28-31-20-11-4-5-14-23(20)37-28/h1-14,16-17,25-26H,15,18H2,(H,30,35)(H,32,36). The molecule has 2 unspecified atom stereocenters. The van der Waals surface area contributed by atoms with Gasteiger partial charge in [-0.05, 0) is 60.7 Å². The van der Waals surface area contributed by atoms with E-state index in [0.29, 0.717) is 18.1 Å². The average Bonchev–Trinajstić information content (AvgIpc) is 3.65. The van der Waals surface area contributed by atoms with Crippen LogP contribution in [0.5, 0.6) is 0 Å². The Kier molecular flexibility index (Phi) is 6.38. The number of amides is 1. The summed E-state index contributed by atoms with van der Waals surface area (Å²) in [6.45, 7) is 0.462. The molecule has 0 bridgehead atoms. The van der Waals surface area contributed by atoms with Gasteiger partial charge in [-0.2, -0.15) is 0 Å². The number of fused-ring (bicyclic) bond motifs is 1. The zero-order valence-electron chi connectivity index (χ0n) is 19.8. The van der Waals surface area contributed by atoms with Gasteiger partial charge in [0.1, 0.15) is 0 Å². The van der Waals surface area contributed by atoms with Crippen LogP contribution in [0.1, 0.15) is 29.9 Å². The Morgan fingerprint density at radius 2 is 1.81 bits per heavy atom. The van der Waals surface area contributed by atoms with Crippen molar-refractivity contribution in [1.29, 1.82) is 0 Å². The molecule has 2 N–H and O–H groups in total. The van der Waals surface area contributed by atoms with Crippen LogP contribution in [0, 0.1) is 0 Å². The summed E-state index contributed by atoms with van der Waals surface area (Å²) in [5, 5.41) is 7.93. The van der Waals surface area contributed by atoms with E-state index in [-0.39, 0.29) is 18.0 Å². The van der Waals surface area contributed by atoms with Crippen molar-refractivity contribution in [2.24, 2.45) is 0 Å². The van der Waals surface area contributed by atoms with Gasteiger partial charge in [-0.25, -0.2) is 4.98 Å². The molecule has 0 saturated carbocycles. The Bertz CT molecular complexity index is 1520. The molecule has 6 rings (SSSR count). The number of aromatic nitrogens is 3. The maximum Gasteiger partial charge on any atom is 0.226 e. The molecule has 1 fully saturated rings. The number of rotatable bonds is 7. The molecular weight excluding hydrogens is 500 g/mol. The number of carbonyl (C=O) groups is 1. The largest absolute Gasteiger partial charge is 0.352 e. The molecule has 0 radical (unpaired) electrons. The lowest BCUT2D eigenvalue weighted by molar-refractivity contribution is -0.116. The lowest BCUT2D eigenvalue weighted by Gasteiger charge is -2.28. The maximum atomic E-state index is 12.8. The van der Waals surface area contributed by atoms with Gasteiger partial charge < -0.3 is 15.5 Å². The van der Waals surface area contributed by atoms with Crippen molar-refractivity contribution < 1.29 is 4.79 Å². The van der Waals surface area contributed by atoms with Crippen LogP contribution in [-0.2, 0) is 4.79 Å². The minimum absolute atomic E-state index is 0.0596. The van der Waals surface area contributed by atoms with Crippen LogP contribution >= 0.6 is 23.6 Å². The fourth-order valence-electron chi connectivity index (χ4n) is 4.71. The number of nitrogens with one attached hydrogen (secondary N) is 2. The third-order valence-corrected chi connectivity index (χ3v) is 7.80. The highest BCUT2D eigenvalue weighted by Crippen LogP contribution is 2.40. The van der Waals surface area contributed by atoms with Crippen molar-refractivity contribution in [3.8, 4) is 5.13 Å². The first-order valence-electron chi connectivity index (χ1n) is 12.0. The van der Waals surface area contributed by atoms with Crippen molar-refractivity contribution in [2.45, 2.75) is 18.5 Å². The van der Waals surface area contributed by atoms with E-state index in [0.717, 1.165) is 32.4 Å². The number of thiazole rings is 1. The van der Waals surface area contributed by atoms with Crippen LogP contribution in [0.25, 0.3) is 15.3 Å². The summed E-state index contributed by atoms with van der Waals surface area (Å²) in [6, 6.07) is 27.3. The van der Waals surface area contributed by atoms with Gasteiger partial charge in [0.15, 0.2) is 10.2 Å². The van der Waals surface area contributed by atoms with Crippen LogP contribution in [0.4, 0.5) is 5.69 Å². The van der Waals surface area contributed by atoms with E-state index in [2.05, 4.69) is 37.2 Å². The molecule has 1 aliphatic heterocycles. The first kappa shape index (κ1) is 23.3. The van der Waals surface area contributed by atoms with Crippen molar-refractivity contribution in [3.05, 3.63) is 109 Å². The van der Waals surface area contributed by atoms with E-state index in [9.17, 15) is 4.79 Å². The molecule has 1 amide bonds. The van der Waals surface area contributed by atoms with Crippen molar-refractivity contribution in [2.75, 3.05) is 11.9 Å². The molecule has 9 heteroatoms. The van der Waals surface area contributed by atoms with Gasteiger partial charge in [-0.3, -0.25) is 14.3 Å². The van der Waals surface area contributed by atoms with Gasteiger partial charge in [-0.1, -0.05) is 47.7 Å². The molecule has 3 aromatic heterocycles. The van der Waals surface area contributed by atoms with Crippen LogP contribution < -0.4 is 10.6 Å². The van der Waals surface area contributed by atoms with Crippen molar-refractivity contribution >= 4 is 50.5 Å². The lowest BCUT2D eigenvalue weighted by atomic mass is 10.0. The Balaban J connectivity index is 1.33. The molecule has 184 valence electrons. The summed E-state index contributed by atoms with van der Waals surface area (Å²) >= 11 is 7.44. The fourth-order valence-corrected chi connectivity index (χ4v) is 6.01. The number of benzene rings is 2. The van der Waals surface area contributed by atoms with Gasteiger partial charge in [-0.15, -0.1) is 0 Å². The zero-order chi connectivity index (χ0) is 25.2. The summed E-state index contributed by atoms with van der Waals surface area (Å²) in [4.78, 5) is 24.4. The second-order valence-corrected chi connectivity index (χ2v) is 10.1. The predicted octanol–water partition coefficient (Wildman–Crippen LogP) is 5.48. The van der Waals surface area contributed by atoms with Gasteiger partial charge in [0, 0.05) is 31.0 Å². The number of para-hydroxylation sites is 2. The zero-order valence-corrected chi connectivity index (χ0v) is 21.5. The molecule has 2 aromatic carbocycles. The summed E-state index contributed by atoms with van der Waals surface area (Å²) in [7, 11) is 0. The fraction of sp³-hybridized carbons (Fsp3) is 0.143. The third-order valence-electron chi connectivity index (χ3n) is 6.41. The molecule has 0 spiro atoms. The highest BCUT2D eigenvalue weighted by atomic mass is 32.1. The maximum absolute atomic E-state index is 12.8. The minimum atomic E-state index is -0.172. The quantitative estimate of drug-likeness (QED) is 0.275. The molecule has 1 aliphatic rings. The molecule has 0 aliphatic carbocycles. The summed E-state index contributed by atoms with van der Waals surface area (Å²) in [5.41, 5.74) is 3.67. The van der Waals surface area contributed by atoms with Crippen molar-refractivity contribution in [3.63, 3.8) is 0 Å². The summed E-state index contributed by atoms with van der Waals surface area (Å²) in [5.74, 6) is -0.0596. The first-order chi connectivity index (χ1) is 18.2. The van der Waals surface area contributed by atoms with Crippen molar-refractivity contribution in [1.82, 2.24) is 24.8 Å². The Hall–Kier alpha value is -4.08. The van der Waals surface area contributed by atoms with Gasteiger partial charge in [0.05, 0.1) is 33.7 Å². The van der Waals surface area contributed by atoms with E-state index in [1.165, 1.54) is 0 Å². The topological polar surface area (TPSA) is 75.1 Å². The van der Waals surface area contributed by atoms with E-state index in [4.69, 9.17) is 17.2 Å². The number of carbonyl (C=O) groups excluding carboxylic acids is 1. The number of thiocarbonyl (C=S) groups is 1. The minimum Gasteiger partial charge on any atom is -0.352 e. The Morgan fingerprint density at radius 1 is 1.00 bits per heavy atom. The number of hydrogen-bond donors (Lipinski definition) is 2. The van der Waals surface area contributed by atoms with Crippen LogP contribution in [0.2, 0.25) is 0 Å². The molecular formula is C28H24N6OS2. The number of nitrogens with zero attached hydrogens (tertiary/aromatic N) is 4. The highest BCUT2D eigenvalue weighted by Gasteiger charge is 2.41. The van der Waals surface area contributed by atoms with Crippen LogP contribution in [0.3, 0.4) is 0 Å². The van der Waals surface area contributed by atoms with Gasteiger partial charge in [0.2, 0.25) is 5.91 Å². The van der Waals surface area contributed by atoms with Crippen LogP contribution in [-0.4, -0.2) is 37.0 Å². The second kappa shape index (κ2) is 10.1. The normalized spacial score (nSPS) is 17.2. The molecule has 4 heterocycles. The van der Waals surface area contributed by atoms with E-state index >= 15 is 0 Å². The lowest BCUT2D eigenvalue weighted by Crippen LogP contribution is -2.33. The predicted molar refractivity (Wildman–Crippen MR) is 151 cm³/mol. The molecule has 1 saturated heterocycles. The van der Waals surface area contributed by atoms with Crippen LogP contribution in [0.15, 0.2) is 97.3 Å². The van der Waals surface area contributed by atoms with E-state index in [1.807, 2.05) is 79.0 Å². The third kappa shape index (κ3) is 4.71. The number of anilines is 1. The van der Waals surface area contributed by atoms with E-state index in [1.54, 1.807) is 17.5 Å². The summed E-state index contributed by atoms with van der Waals surface area (Å²) in [6.07, 6.45) is 4.12. The second-order valence-electron chi connectivity index (χ2n) is 8.75. The SMILES string of the molecule is O=C(CCN1C(=S)NC(c2ccccn2)C1c1cccn1-c1nc2ccccc2s1)Nc1ccccc1. The van der Waals surface area contributed by atoms with Gasteiger partial charge in [0.25, 0.3) is 0 Å². The Morgan fingerprint density at radius 3 is 2.62 bits per heavy atom. The highest BCUT2D eigenvalue weighted by molar-refractivity contribution is 7.80. The molecule has 5 aromatic rings. The van der Waals surface area contributed by atoms with E-state index < -0.39 is 0 Å². The monoisotopic (exact) mass is 524 g/mol. The molecule has 2 atom stereocenters. The number of pyridine rings is 1. The van der Waals surface area contributed by atoms with Gasteiger partial charge >= 0.3 is 0 Å². The average molecular weight is 525 g/mol. The molecule has 7 nitrogen and oxygen atoms in total. The number of hydrogen-bond acceptors (Lipinski definition) is 5. The Labute approximate surface area is 223 Å².